The van der Waals surface area contributed by atoms with Crippen LogP contribution in [-0.2, 0) is 6.42 Å². The van der Waals surface area contributed by atoms with Crippen molar-refractivity contribution in [3.63, 3.8) is 0 Å². The molecule has 72 valence electrons. The topological polar surface area (TPSA) is 68.9 Å². The number of hydrogen-bond donors (Lipinski definition) is 3. The van der Waals surface area contributed by atoms with Gasteiger partial charge in [-0.25, -0.2) is 0 Å². The molecule has 4 nitrogen and oxygen atoms in total. The van der Waals surface area contributed by atoms with Gasteiger partial charge in [0.25, 0.3) is 5.56 Å². The average molecular weight is 200 g/mol. The molecule has 0 amide bonds. The quantitative estimate of drug-likeness (QED) is 0.614. The number of aromatic nitrogens is 2. The van der Waals surface area contributed by atoms with E-state index in [1.54, 1.807) is 13.8 Å². The van der Waals surface area contributed by atoms with Gasteiger partial charge in [-0.3, -0.25) is 9.78 Å². The van der Waals surface area contributed by atoms with Gasteiger partial charge in [0.2, 0.25) is 0 Å². The van der Waals surface area contributed by atoms with Gasteiger partial charge in [0, 0.05) is 17.7 Å². The zero-order valence-electron chi connectivity index (χ0n) is 7.55. The fourth-order valence-electron chi connectivity index (χ4n) is 1.17. The van der Waals surface area contributed by atoms with Gasteiger partial charge in [-0.1, -0.05) is 0 Å². The molecule has 0 saturated carbocycles. The molecule has 1 aromatic heterocycles. The van der Waals surface area contributed by atoms with E-state index in [-0.39, 0.29) is 5.56 Å². The summed E-state index contributed by atoms with van der Waals surface area (Å²) >= 11 is 4.79. The van der Waals surface area contributed by atoms with Crippen LogP contribution in [0, 0.1) is 11.7 Å². The fourth-order valence-corrected chi connectivity index (χ4v) is 1.41. The lowest BCUT2D eigenvalue weighted by Gasteiger charge is -2.05. The zero-order valence-corrected chi connectivity index (χ0v) is 8.36. The first-order valence-corrected chi connectivity index (χ1v) is 4.41. The molecule has 13 heavy (non-hydrogen) atoms. The van der Waals surface area contributed by atoms with E-state index in [2.05, 4.69) is 9.97 Å². The van der Waals surface area contributed by atoms with Crippen molar-refractivity contribution in [2.24, 2.45) is 0 Å². The molecule has 0 saturated heterocycles. The molecule has 3 N–H and O–H groups in total. The van der Waals surface area contributed by atoms with Crippen molar-refractivity contribution >= 4 is 12.2 Å². The molecular weight excluding hydrogens is 188 g/mol. The van der Waals surface area contributed by atoms with E-state index < -0.39 is 6.10 Å². The summed E-state index contributed by atoms with van der Waals surface area (Å²) in [5.74, 6) is 0. The summed E-state index contributed by atoms with van der Waals surface area (Å²) in [6, 6.07) is 0. The van der Waals surface area contributed by atoms with Gasteiger partial charge >= 0.3 is 0 Å². The Morgan fingerprint density at radius 1 is 1.54 bits per heavy atom. The number of aliphatic hydroxyl groups excluding tert-OH is 1. The maximum absolute atomic E-state index is 11.3. The Bertz CT molecular complexity index is 405. The maximum atomic E-state index is 11.3. The minimum atomic E-state index is -0.524. The van der Waals surface area contributed by atoms with Gasteiger partial charge in [0.1, 0.15) is 0 Å². The van der Waals surface area contributed by atoms with Gasteiger partial charge in [-0.2, -0.15) is 0 Å². The van der Waals surface area contributed by atoms with Crippen LogP contribution in [0.4, 0.5) is 0 Å². The van der Waals surface area contributed by atoms with Crippen molar-refractivity contribution in [2.75, 3.05) is 0 Å². The van der Waals surface area contributed by atoms with Crippen LogP contribution in [0.15, 0.2) is 4.79 Å². The Morgan fingerprint density at radius 3 is 2.62 bits per heavy atom. The number of hydrogen-bond acceptors (Lipinski definition) is 3. The summed E-state index contributed by atoms with van der Waals surface area (Å²) in [6.07, 6.45) is -0.183. The van der Waals surface area contributed by atoms with Crippen molar-refractivity contribution in [3.8, 4) is 0 Å². The van der Waals surface area contributed by atoms with Crippen LogP contribution in [0.5, 0.6) is 0 Å². The van der Waals surface area contributed by atoms with Crippen molar-refractivity contribution in [2.45, 2.75) is 26.4 Å². The highest BCUT2D eigenvalue weighted by Gasteiger charge is 2.07. The molecule has 0 spiro atoms. The zero-order chi connectivity index (χ0) is 10.0. The van der Waals surface area contributed by atoms with Gasteiger partial charge < -0.3 is 10.1 Å². The standard InChI is InChI=1S/C8H12N2O2S/c1-4(11)3-6-5(2)9-8(13)10-7(6)12/h4,11H,3H2,1-2H3,(H2,9,10,12,13). The molecule has 0 aliphatic heterocycles. The molecule has 0 aliphatic carbocycles. The minimum Gasteiger partial charge on any atom is -0.393 e. The molecule has 0 aromatic carbocycles. The van der Waals surface area contributed by atoms with Crippen molar-refractivity contribution in [1.29, 1.82) is 0 Å². The molecule has 1 atom stereocenters. The van der Waals surface area contributed by atoms with Crippen molar-refractivity contribution < 1.29 is 5.11 Å². The van der Waals surface area contributed by atoms with E-state index >= 15 is 0 Å². The third-order valence-electron chi connectivity index (χ3n) is 1.75. The lowest BCUT2D eigenvalue weighted by Crippen LogP contribution is -2.20. The fraction of sp³-hybridized carbons (Fsp3) is 0.500. The Hall–Kier alpha value is -0.940. The predicted octanol–water partition coefficient (Wildman–Crippen LogP) is 0.664. The van der Waals surface area contributed by atoms with Crippen LogP contribution < -0.4 is 5.56 Å². The van der Waals surface area contributed by atoms with Gasteiger partial charge in [0.15, 0.2) is 4.77 Å². The molecule has 1 aromatic rings. The van der Waals surface area contributed by atoms with Crippen LogP contribution in [0.1, 0.15) is 18.2 Å². The van der Waals surface area contributed by atoms with Crippen molar-refractivity contribution in [3.05, 3.63) is 26.4 Å². The highest BCUT2D eigenvalue weighted by atomic mass is 32.1. The van der Waals surface area contributed by atoms with Gasteiger partial charge in [-0.15, -0.1) is 0 Å². The molecule has 0 aliphatic rings. The van der Waals surface area contributed by atoms with Crippen LogP contribution in [0.2, 0.25) is 0 Å². The van der Waals surface area contributed by atoms with Crippen molar-refractivity contribution in [1.82, 2.24) is 9.97 Å². The third-order valence-corrected chi connectivity index (χ3v) is 1.96. The van der Waals surface area contributed by atoms with Crippen LogP contribution in [0.3, 0.4) is 0 Å². The summed E-state index contributed by atoms with van der Waals surface area (Å²) in [5.41, 5.74) is 1.06. The molecule has 0 fully saturated rings. The van der Waals surface area contributed by atoms with Crippen LogP contribution in [-0.4, -0.2) is 21.2 Å². The largest absolute Gasteiger partial charge is 0.393 e. The summed E-state index contributed by atoms with van der Waals surface area (Å²) < 4.78 is 0.317. The highest BCUT2D eigenvalue weighted by molar-refractivity contribution is 7.71. The number of aromatic amines is 2. The summed E-state index contributed by atoms with van der Waals surface area (Å²) in [6.45, 7) is 3.41. The third kappa shape index (κ3) is 2.50. The first-order chi connectivity index (χ1) is 6.00. The lowest BCUT2D eigenvalue weighted by molar-refractivity contribution is 0.194. The Morgan fingerprint density at radius 2 is 2.15 bits per heavy atom. The molecular formula is C8H12N2O2S. The SMILES string of the molecule is Cc1[nH]c(=S)[nH]c(=O)c1CC(C)O. The van der Waals surface area contributed by atoms with Gasteiger partial charge in [-0.05, 0) is 26.1 Å². The molecule has 1 unspecified atom stereocenters. The smallest absolute Gasteiger partial charge is 0.255 e. The number of H-pyrrole nitrogens is 2. The summed E-state index contributed by atoms with van der Waals surface area (Å²) in [4.78, 5) is 16.7. The molecule has 0 radical (unpaired) electrons. The Kier molecular flexibility index (Phi) is 3.00. The van der Waals surface area contributed by atoms with E-state index in [0.717, 1.165) is 5.69 Å². The van der Waals surface area contributed by atoms with E-state index in [1.807, 2.05) is 0 Å². The first-order valence-electron chi connectivity index (χ1n) is 4.01. The number of rotatable bonds is 2. The summed E-state index contributed by atoms with van der Waals surface area (Å²) in [5, 5.41) is 9.13. The minimum absolute atomic E-state index is 0.220. The van der Waals surface area contributed by atoms with Crippen LogP contribution in [0.25, 0.3) is 0 Å². The molecule has 1 rings (SSSR count). The second-order valence-corrected chi connectivity index (χ2v) is 3.47. The first kappa shape index (κ1) is 10.1. The Labute approximate surface area is 80.6 Å². The highest BCUT2D eigenvalue weighted by Crippen LogP contribution is 2.01. The lowest BCUT2D eigenvalue weighted by atomic mass is 10.1. The Balaban J connectivity index is 3.22. The number of aryl methyl sites for hydroxylation is 1. The number of nitrogens with one attached hydrogen (secondary N) is 2. The molecule has 0 bridgehead atoms. The average Bonchev–Trinajstić information content (AvgIpc) is 1.96. The normalized spacial score (nSPS) is 12.8. The second kappa shape index (κ2) is 3.85. The molecule has 5 heteroatoms. The summed E-state index contributed by atoms with van der Waals surface area (Å²) in [7, 11) is 0. The molecule has 1 heterocycles. The number of aliphatic hydroxyl groups is 1. The van der Waals surface area contributed by atoms with E-state index in [1.165, 1.54) is 0 Å². The maximum Gasteiger partial charge on any atom is 0.255 e. The van der Waals surface area contributed by atoms with Gasteiger partial charge in [0.05, 0.1) is 6.10 Å². The predicted molar refractivity (Wildman–Crippen MR) is 52.4 cm³/mol. The van der Waals surface area contributed by atoms with E-state index in [9.17, 15) is 4.79 Å². The second-order valence-electron chi connectivity index (χ2n) is 3.06. The van der Waals surface area contributed by atoms with E-state index in [0.29, 0.717) is 16.8 Å². The van der Waals surface area contributed by atoms with E-state index in [4.69, 9.17) is 17.3 Å². The monoisotopic (exact) mass is 200 g/mol. The van der Waals surface area contributed by atoms with Crippen LogP contribution >= 0.6 is 12.2 Å².